The first-order valence-corrected chi connectivity index (χ1v) is 9.89. The van der Waals surface area contributed by atoms with Crippen LogP contribution in [0.15, 0.2) is 30.3 Å². The van der Waals surface area contributed by atoms with Gasteiger partial charge in [0.25, 0.3) is 5.91 Å². The number of ether oxygens (including phenoxy) is 4. The van der Waals surface area contributed by atoms with Crippen LogP contribution in [0.2, 0.25) is 0 Å². The molecule has 1 aliphatic carbocycles. The maximum Gasteiger partial charge on any atom is 0.252 e. The van der Waals surface area contributed by atoms with Crippen LogP contribution in [0.25, 0.3) is 10.9 Å². The second kappa shape index (κ2) is 8.18. The Bertz CT molecular complexity index is 1060. The number of benzene rings is 2. The van der Waals surface area contributed by atoms with Gasteiger partial charge in [0.05, 0.1) is 34.5 Å². The molecule has 3 aromatic rings. The molecule has 0 bridgehead atoms. The Labute approximate surface area is 175 Å². The Morgan fingerprint density at radius 3 is 2.37 bits per heavy atom. The van der Waals surface area contributed by atoms with Gasteiger partial charge in [-0.1, -0.05) is 0 Å². The van der Waals surface area contributed by atoms with Crippen LogP contribution in [-0.2, 0) is 6.42 Å². The van der Waals surface area contributed by atoms with Crippen LogP contribution in [0.4, 0.5) is 0 Å². The molecule has 0 unspecified atom stereocenters. The molecule has 0 fully saturated rings. The zero-order valence-electron chi connectivity index (χ0n) is 17.6. The van der Waals surface area contributed by atoms with Crippen molar-refractivity contribution in [1.82, 2.24) is 10.3 Å². The van der Waals surface area contributed by atoms with E-state index in [0.29, 0.717) is 22.8 Å². The lowest BCUT2D eigenvalue weighted by Crippen LogP contribution is -2.31. The minimum Gasteiger partial charge on any atom is -0.497 e. The summed E-state index contributed by atoms with van der Waals surface area (Å²) >= 11 is 0. The third-order valence-electron chi connectivity index (χ3n) is 5.65. The first-order valence-electron chi connectivity index (χ1n) is 9.89. The molecule has 1 atom stereocenters. The number of carbonyl (C=O) groups excluding carboxylic acids is 1. The average Bonchev–Trinajstić information content (AvgIpc) is 3.16. The van der Waals surface area contributed by atoms with Crippen LogP contribution in [0, 0.1) is 0 Å². The SMILES string of the molecule is COc1ccc2[nH]c3c(c2c1)CCC[C@@H]3NC(=O)c1cc(OC)c(OC)c(OC)c1. The molecule has 2 aromatic carbocycles. The van der Waals surface area contributed by atoms with Crippen molar-refractivity contribution in [2.75, 3.05) is 28.4 Å². The monoisotopic (exact) mass is 410 g/mol. The first-order chi connectivity index (χ1) is 14.6. The van der Waals surface area contributed by atoms with Gasteiger partial charge >= 0.3 is 0 Å². The van der Waals surface area contributed by atoms with Gasteiger partial charge < -0.3 is 29.2 Å². The van der Waals surface area contributed by atoms with Crippen LogP contribution in [0.1, 0.15) is 40.5 Å². The minimum absolute atomic E-state index is 0.0984. The fraction of sp³-hybridized carbons (Fsp3) is 0.348. The zero-order chi connectivity index (χ0) is 21.3. The van der Waals surface area contributed by atoms with Crippen molar-refractivity contribution < 1.29 is 23.7 Å². The predicted octanol–water partition coefficient (Wildman–Crippen LogP) is 4.01. The number of methoxy groups -OCH3 is 4. The summed E-state index contributed by atoms with van der Waals surface area (Å²) in [5.41, 5.74) is 3.81. The smallest absolute Gasteiger partial charge is 0.252 e. The number of H-pyrrole nitrogens is 1. The van der Waals surface area contributed by atoms with E-state index in [0.717, 1.165) is 41.6 Å². The Hall–Kier alpha value is -3.35. The van der Waals surface area contributed by atoms with Gasteiger partial charge in [-0.05, 0) is 55.2 Å². The highest BCUT2D eigenvalue weighted by atomic mass is 16.5. The maximum atomic E-state index is 13.1. The summed E-state index contributed by atoms with van der Waals surface area (Å²) in [6.45, 7) is 0. The molecule has 30 heavy (non-hydrogen) atoms. The molecule has 0 saturated carbocycles. The molecule has 1 aliphatic rings. The van der Waals surface area contributed by atoms with Crippen molar-refractivity contribution in [3.63, 3.8) is 0 Å². The number of aromatic amines is 1. The second-order valence-corrected chi connectivity index (χ2v) is 7.26. The van der Waals surface area contributed by atoms with Gasteiger partial charge in [-0.25, -0.2) is 0 Å². The van der Waals surface area contributed by atoms with Gasteiger partial charge in [0.15, 0.2) is 11.5 Å². The summed E-state index contributed by atoms with van der Waals surface area (Å²) < 4.78 is 21.5. The van der Waals surface area contributed by atoms with Crippen molar-refractivity contribution in [1.29, 1.82) is 0 Å². The van der Waals surface area contributed by atoms with Crippen molar-refractivity contribution >= 4 is 16.8 Å². The summed E-state index contributed by atoms with van der Waals surface area (Å²) in [6, 6.07) is 9.23. The Kier molecular flexibility index (Phi) is 5.44. The van der Waals surface area contributed by atoms with Crippen LogP contribution >= 0.6 is 0 Å². The summed E-state index contributed by atoms with van der Waals surface area (Å²) in [5, 5.41) is 4.32. The normalized spacial score (nSPS) is 15.4. The van der Waals surface area contributed by atoms with E-state index in [1.165, 1.54) is 26.9 Å². The number of fused-ring (bicyclic) bond motifs is 3. The number of carbonyl (C=O) groups is 1. The summed E-state index contributed by atoms with van der Waals surface area (Å²) in [4.78, 5) is 16.6. The number of nitrogens with one attached hydrogen (secondary N) is 2. The third-order valence-corrected chi connectivity index (χ3v) is 5.65. The number of hydrogen-bond donors (Lipinski definition) is 2. The topological polar surface area (TPSA) is 81.8 Å². The van der Waals surface area contributed by atoms with E-state index in [1.807, 2.05) is 18.2 Å². The molecule has 1 aromatic heterocycles. The Morgan fingerprint density at radius 2 is 1.73 bits per heavy atom. The summed E-state index contributed by atoms with van der Waals surface area (Å²) in [5.74, 6) is 1.99. The van der Waals surface area contributed by atoms with Crippen molar-refractivity contribution in [3.05, 3.63) is 47.2 Å². The molecule has 0 saturated heterocycles. The van der Waals surface area contributed by atoms with Gasteiger partial charge in [-0.2, -0.15) is 0 Å². The molecular weight excluding hydrogens is 384 g/mol. The quantitative estimate of drug-likeness (QED) is 0.642. The molecule has 7 heteroatoms. The van der Waals surface area contributed by atoms with E-state index >= 15 is 0 Å². The van der Waals surface area contributed by atoms with Gasteiger partial charge in [-0.15, -0.1) is 0 Å². The van der Waals surface area contributed by atoms with E-state index in [4.69, 9.17) is 18.9 Å². The first kappa shape index (κ1) is 19.9. The molecule has 0 aliphatic heterocycles. The fourth-order valence-electron chi connectivity index (χ4n) is 4.17. The molecule has 2 N–H and O–H groups in total. The summed E-state index contributed by atoms with van der Waals surface area (Å²) in [6.07, 6.45) is 2.84. The van der Waals surface area contributed by atoms with E-state index in [9.17, 15) is 4.79 Å². The van der Waals surface area contributed by atoms with E-state index in [-0.39, 0.29) is 11.9 Å². The van der Waals surface area contributed by atoms with Crippen LogP contribution < -0.4 is 24.3 Å². The van der Waals surface area contributed by atoms with Crippen LogP contribution in [-0.4, -0.2) is 39.3 Å². The van der Waals surface area contributed by atoms with Crippen molar-refractivity contribution in [2.45, 2.75) is 25.3 Å². The molecular formula is C23H26N2O5. The van der Waals surface area contributed by atoms with E-state index in [1.54, 1.807) is 19.2 Å². The summed E-state index contributed by atoms with van der Waals surface area (Å²) in [7, 11) is 6.27. The van der Waals surface area contributed by atoms with Gasteiger partial charge in [0.2, 0.25) is 5.75 Å². The van der Waals surface area contributed by atoms with Gasteiger partial charge in [0, 0.05) is 22.2 Å². The lowest BCUT2D eigenvalue weighted by Gasteiger charge is -2.24. The molecule has 158 valence electrons. The van der Waals surface area contributed by atoms with Crippen molar-refractivity contribution in [2.24, 2.45) is 0 Å². The molecule has 0 radical (unpaired) electrons. The molecule has 1 heterocycles. The average molecular weight is 410 g/mol. The molecule has 1 amide bonds. The molecule has 0 spiro atoms. The standard InChI is InChI=1S/C23H26N2O5/c1-27-14-8-9-17-16(12-14)15-6-5-7-18(21(15)24-17)25-23(26)13-10-19(28-2)22(30-4)20(11-13)29-3/h8-12,18,24H,5-7H2,1-4H3,(H,25,26)/t18-/m0/s1. The van der Waals surface area contributed by atoms with Crippen LogP contribution in [0.5, 0.6) is 23.0 Å². The minimum atomic E-state index is -0.191. The number of aromatic nitrogens is 1. The number of amides is 1. The van der Waals surface area contributed by atoms with E-state index in [2.05, 4.69) is 10.3 Å². The highest BCUT2D eigenvalue weighted by Gasteiger charge is 2.27. The lowest BCUT2D eigenvalue weighted by atomic mass is 9.91. The highest BCUT2D eigenvalue weighted by Crippen LogP contribution is 2.39. The highest BCUT2D eigenvalue weighted by molar-refractivity contribution is 5.96. The predicted molar refractivity (Wildman–Crippen MR) is 114 cm³/mol. The molecule has 7 nitrogen and oxygen atoms in total. The van der Waals surface area contributed by atoms with Crippen molar-refractivity contribution in [3.8, 4) is 23.0 Å². The second-order valence-electron chi connectivity index (χ2n) is 7.26. The van der Waals surface area contributed by atoms with Gasteiger partial charge in [-0.3, -0.25) is 4.79 Å². The number of rotatable bonds is 6. The zero-order valence-corrected chi connectivity index (χ0v) is 17.6. The Balaban J connectivity index is 1.65. The van der Waals surface area contributed by atoms with E-state index < -0.39 is 0 Å². The van der Waals surface area contributed by atoms with Crippen LogP contribution in [0.3, 0.4) is 0 Å². The largest absolute Gasteiger partial charge is 0.497 e. The fourth-order valence-corrected chi connectivity index (χ4v) is 4.17. The van der Waals surface area contributed by atoms with Gasteiger partial charge in [0.1, 0.15) is 5.75 Å². The third kappa shape index (κ3) is 3.40. The Morgan fingerprint density at radius 1 is 1.00 bits per heavy atom. The number of aryl methyl sites for hydroxylation is 1. The lowest BCUT2D eigenvalue weighted by molar-refractivity contribution is 0.0931. The maximum absolute atomic E-state index is 13.1. The number of hydrogen-bond acceptors (Lipinski definition) is 5. The molecule has 4 rings (SSSR count).